The van der Waals surface area contributed by atoms with Crippen LogP contribution in [0.5, 0.6) is 0 Å². The minimum atomic E-state index is -5.34. The molecule has 6 nitrogen and oxygen atoms in total. The Morgan fingerprint density at radius 3 is 2.33 bits per heavy atom. The topological polar surface area (TPSA) is 79.4 Å². The van der Waals surface area contributed by atoms with Gasteiger partial charge in [0.2, 0.25) is 5.54 Å². The van der Waals surface area contributed by atoms with Gasteiger partial charge in [0.25, 0.3) is 11.8 Å². The van der Waals surface area contributed by atoms with Gasteiger partial charge in [0.05, 0.1) is 11.1 Å². The minimum Gasteiger partial charge on any atom is -0.326 e. The van der Waals surface area contributed by atoms with E-state index in [1.807, 2.05) is 5.32 Å². The molecule has 4 rings (SSSR count). The second-order valence-electron chi connectivity index (χ2n) is 8.82. The van der Waals surface area contributed by atoms with Crippen LogP contribution in [-0.4, -0.2) is 34.3 Å². The number of nitrogens with zero attached hydrogens (tertiary/aromatic N) is 2. The smallest absolute Gasteiger partial charge is 0.326 e. The number of anilines is 1. The number of allylic oxidation sites excluding steroid dienone is 1. The van der Waals surface area contributed by atoms with E-state index >= 15 is 0 Å². The molecule has 0 saturated carbocycles. The molecule has 0 spiro atoms. The van der Waals surface area contributed by atoms with Crippen molar-refractivity contribution in [3.63, 3.8) is 0 Å². The summed E-state index contributed by atoms with van der Waals surface area (Å²) in [4.78, 5) is 43.9. The Balaban J connectivity index is 1.94. The van der Waals surface area contributed by atoms with E-state index in [0.717, 1.165) is 35.4 Å². The maximum absolute atomic E-state index is 14.7. The van der Waals surface area contributed by atoms with Gasteiger partial charge in [-0.25, -0.2) is 4.39 Å². The van der Waals surface area contributed by atoms with Crippen LogP contribution in [0, 0.1) is 11.2 Å². The highest BCUT2D eigenvalue weighted by Crippen LogP contribution is 2.52. The van der Waals surface area contributed by atoms with Gasteiger partial charge in [0.15, 0.2) is 5.78 Å². The summed E-state index contributed by atoms with van der Waals surface area (Å²) >= 11 is 0. The van der Waals surface area contributed by atoms with E-state index in [9.17, 15) is 31.9 Å². The van der Waals surface area contributed by atoms with Crippen molar-refractivity contribution < 1.29 is 31.9 Å². The number of pyridine rings is 1. The van der Waals surface area contributed by atoms with Gasteiger partial charge in [-0.15, -0.1) is 0 Å². The van der Waals surface area contributed by atoms with Crippen molar-refractivity contribution in [2.24, 2.45) is 5.41 Å². The molecule has 172 valence electrons. The second kappa shape index (κ2) is 7.50. The van der Waals surface area contributed by atoms with Crippen LogP contribution in [-0.2, 0) is 9.59 Å². The molecule has 2 aliphatic rings. The molecule has 0 radical (unpaired) electrons. The highest BCUT2D eigenvalue weighted by atomic mass is 19.4. The molecule has 1 aliphatic carbocycles. The highest BCUT2D eigenvalue weighted by Gasteiger charge is 2.72. The summed E-state index contributed by atoms with van der Waals surface area (Å²) in [6.45, 7) is 3.40. The lowest BCUT2D eigenvalue weighted by Gasteiger charge is -2.35. The SMILES string of the molecule is CC1(C)CC(=O)C2=C(C1)N(c1ccc(F)cc1)C(=O)[C@@]2(NC(=O)c1cccnc1)C(F)(F)F. The van der Waals surface area contributed by atoms with E-state index in [0.29, 0.717) is 0 Å². The number of carbonyl (C=O) groups is 3. The van der Waals surface area contributed by atoms with Gasteiger partial charge in [0.1, 0.15) is 5.82 Å². The Bertz CT molecular complexity index is 1170. The number of hydrogen-bond acceptors (Lipinski definition) is 4. The maximum atomic E-state index is 14.7. The Hall–Kier alpha value is -3.56. The molecule has 0 bridgehead atoms. The molecule has 33 heavy (non-hydrogen) atoms. The van der Waals surface area contributed by atoms with Crippen LogP contribution >= 0.6 is 0 Å². The quantitative estimate of drug-likeness (QED) is 0.703. The average molecular weight is 461 g/mol. The van der Waals surface area contributed by atoms with E-state index in [1.165, 1.54) is 18.3 Å². The predicted octanol–water partition coefficient (Wildman–Crippen LogP) is 3.94. The first-order valence-corrected chi connectivity index (χ1v) is 10.0. The van der Waals surface area contributed by atoms with Crippen molar-refractivity contribution in [1.29, 1.82) is 0 Å². The lowest BCUT2D eigenvalue weighted by atomic mass is 9.72. The third-order valence-electron chi connectivity index (χ3n) is 5.76. The van der Waals surface area contributed by atoms with Crippen LogP contribution in [0.15, 0.2) is 60.1 Å². The van der Waals surface area contributed by atoms with Crippen molar-refractivity contribution in [2.75, 3.05) is 4.90 Å². The Morgan fingerprint density at radius 2 is 1.76 bits per heavy atom. The average Bonchev–Trinajstić information content (AvgIpc) is 2.97. The summed E-state index contributed by atoms with van der Waals surface area (Å²) in [5, 5.41) is 1.82. The summed E-state index contributed by atoms with van der Waals surface area (Å²) in [6, 6.07) is 6.90. The molecule has 1 aromatic heterocycles. The van der Waals surface area contributed by atoms with Crippen LogP contribution in [0.1, 0.15) is 37.0 Å². The van der Waals surface area contributed by atoms with Crippen LogP contribution in [0.4, 0.5) is 23.2 Å². The molecule has 0 saturated heterocycles. The summed E-state index contributed by atoms with van der Waals surface area (Å²) in [7, 11) is 0. The zero-order valence-corrected chi connectivity index (χ0v) is 17.7. The summed E-state index contributed by atoms with van der Waals surface area (Å²) in [6.07, 6.45) is -3.22. The monoisotopic (exact) mass is 461 g/mol. The fraction of sp³-hybridized carbons (Fsp3) is 0.304. The van der Waals surface area contributed by atoms with Crippen molar-refractivity contribution in [3.8, 4) is 0 Å². The number of aromatic nitrogens is 1. The van der Waals surface area contributed by atoms with E-state index in [2.05, 4.69) is 4.98 Å². The minimum absolute atomic E-state index is 0.0300. The van der Waals surface area contributed by atoms with Crippen LogP contribution in [0.2, 0.25) is 0 Å². The lowest BCUT2D eigenvalue weighted by molar-refractivity contribution is -0.186. The molecule has 2 heterocycles. The fourth-order valence-electron chi connectivity index (χ4n) is 4.35. The molecule has 0 fully saturated rings. The van der Waals surface area contributed by atoms with Crippen molar-refractivity contribution in [3.05, 3.63) is 71.4 Å². The number of ketones is 1. The molecule has 1 atom stereocenters. The van der Waals surface area contributed by atoms with Crippen molar-refractivity contribution in [2.45, 2.75) is 38.4 Å². The number of nitrogens with one attached hydrogen (secondary N) is 1. The third-order valence-corrected chi connectivity index (χ3v) is 5.76. The lowest BCUT2D eigenvalue weighted by Crippen LogP contribution is -2.66. The Kier molecular flexibility index (Phi) is 5.14. The van der Waals surface area contributed by atoms with Gasteiger partial charge in [-0.3, -0.25) is 24.3 Å². The number of Topliss-reactive ketones (excluding diaryl/α,β-unsaturated/α-hetero) is 1. The van der Waals surface area contributed by atoms with E-state index in [-0.39, 0.29) is 29.8 Å². The molecular weight excluding hydrogens is 442 g/mol. The molecular formula is C23H19F4N3O3. The number of amides is 2. The van der Waals surface area contributed by atoms with E-state index < -0.39 is 46.1 Å². The first-order valence-electron chi connectivity index (χ1n) is 10.0. The molecule has 2 amide bonds. The molecule has 1 aliphatic heterocycles. The first kappa shape index (κ1) is 22.6. The zero-order chi connectivity index (χ0) is 24.2. The molecule has 2 aromatic rings. The number of carbonyl (C=O) groups excluding carboxylic acids is 3. The summed E-state index contributed by atoms with van der Waals surface area (Å²) in [5.41, 5.74) is -5.53. The zero-order valence-electron chi connectivity index (χ0n) is 17.7. The number of benzene rings is 1. The van der Waals surface area contributed by atoms with Gasteiger partial charge in [-0.1, -0.05) is 13.8 Å². The van der Waals surface area contributed by atoms with E-state index in [1.54, 1.807) is 13.8 Å². The van der Waals surface area contributed by atoms with Crippen molar-refractivity contribution in [1.82, 2.24) is 10.3 Å². The van der Waals surface area contributed by atoms with Crippen LogP contribution < -0.4 is 10.2 Å². The second-order valence-corrected chi connectivity index (χ2v) is 8.82. The maximum Gasteiger partial charge on any atom is 0.425 e. The molecule has 1 N–H and O–H groups in total. The van der Waals surface area contributed by atoms with Crippen LogP contribution in [0.25, 0.3) is 0 Å². The van der Waals surface area contributed by atoms with Gasteiger partial charge in [0, 0.05) is 30.2 Å². The van der Waals surface area contributed by atoms with Gasteiger partial charge >= 0.3 is 6.18 Å². The van der Waals surface area contributed by atoms with Gasteiger partial charge < -0.3 is 5.32 Å². The fourth-order valence-corrected chi connectivity index (χ4v) is 4.35. The Morgan fingerprint density at radius 1 is 1.09 bits per heavy atom. The first-order chi connectivity index (χ1) is 15.4. The summed E-state index contributed by atoms with van der Waals surface area (Å²) < 4.78 is 57.6. The number of hydrogen-bond donors (Lipinski definition) is 1. The van der Waals surface area contributed by atoms with Gasteiger partial charge in [-0.2, -0.15) is 13.2 Å². The van der Waals surface area contributed by atoms with Crippen molar-refractivity contribution >= 4 is 23.3 Å². The summed E-state index contributed by atoms with van der Waals surface area (Å²) in [5.74, 6) is -4.29. The third kappa shape index (κ3) is 3.59. The largest absolute Gasteiger partial charge is 0.425 e. The highest BCUT2D eigenvalue weighted by molar-refractivity contribution is 6.21. The molecule has 0 unspecified atom stereocenters. The van der Waals surface area contributed by atoms with E-state index in [4.69, 9.17) is 0 Å². The Labute approximate surface area is 186 Å². The number of alkyl halides is 3. The molecule has 1 aromatic carbocycles. The predicted molar refractivity (Wildman–Crippen MR) is 109 cm³/mol. The van der Waals surface area contributed by atoms with Gasteiger partial charge in [-0.05, 0) is 48.2 Å². The normalized spacial score (nSPS) is 22.4. The van der Waals surface area contributed by atoms with Crippen LogP contribution in [0.3, 0.4) is 0 Å². The number of rotatable bonds is 3. The standard InChI is InChI=1S/C23H19F4N3O3/c1-21(2)10-16-18(17(31)11-21)22(23(25,26)27,29-19(32)13-4-3-9-28-12-13)20(33)30(16)15-7-5-14(24)6-8-15/h3-9,12H,10-11H2,1-2H3,(H,29,32)/t22-/m1/s1. The number of halogens is 4. The molecule has 10 heteroatoms.